The van der Waals surface area contributed by atoms with E-state index in [-0.39, 0.29) is 5.92 Å². The molecule has 7 nitrogen and oxygen atoms in total. The highest BCUT2D eigenvalue weighted by atomic mass is 16.5. The molecule has 1 aliphatic carbocycles. The molecule has 1 fully saturated rings. The maximum atomic E-state index is 12.7. The Kier molecular flexibility index (Phi) is 7.61. The smallest absolute Gasteiger partial charge is 0.328 e. The first kappa shape index (κ1) is 26.4. The first-order valence-corrected chi connectivity index (χ1v) is 13.2. The highest BCUT2D eigenvalue weighted by Gasteiger charge is 2.42. The van der Waals surface area contributed by atoms with Gasteiger partial charge in [-0.05, 0) is 42.4 Å². The monoisotopic (exact) mass is 524 g/mol. The van der Waals surface area contributed by atoms with Gasteiger partial charge in [0.25, 0.3) is 5.56 Å². The predicted octanol–water partition coefficient (Wildman–Crippen LogP) is 4.74. The van der Waals surface area contributed by atoms with Crippen molar-refractivity contribution in [3.05, 3.63) is 140 Å². The molecule has 7 heteroatoms. The fraction of sp³-hybridized carbons (Fsp3) is 0.281. The molecule has 4 aromatic rings. The topological polar surface area (TPSA) is 90.4 Å². The molecule has 0 unspecified atom stereocenters. The summed E-state index contributed by atoms with van der Waals surface area (Å²) in [6.07, 6.45) is 2.12. The number of nitrogens with one attached hydrogen (secondary N) is 1. The van der Waals surface area contributed by atoms with Crippen LogP contribution in [0.25, 0.3) is 0 Å². The molecule has 200 valence electrons. The van der Waals surface area contributed by atoms with E-state index in [4.69, 9.17) is 9.47 Å². The maximum Gasteiger partial charge on any atom is 0.328 e. The molecule has 5 rings (SSSR count). The summed E-state index contributed by atoms with van der Waals surface area (Å²) in [5, 5.41) is 0. The standard InChI is InChI=1S/C32H32N2O5/c1-22-20-34(31(37)33-30(22)36)28-18-24(19-29(28)39-23(2)35)21-38-32(25-12-6-3-7-13-25,26-14-8-4-9-15-26)27-16-10-5-11-17-27/h3-17,20,24,28-29H,18-19,21H2,1-2H3,(H,33,36,37)/t24-,28+,29+/m0/s1. The highest BCUT2D eigenvalue weighted by molar-refractivity contribution is 5.66. The summed E-state index contributed by atoms with van der Waals surface area (Å²) in [5.74, 6) is -0.415. The minimum absolute atomic E-state index is 0.00556. The molecule has 3 aromatic carbocycles. The lowest BCUT2D eigenvalue weighted by atomic mass is 9.80. The fourth-order valence-corrected chi connectivity index (χ4v) is 5.69. The molecule has 1 N–H and O–H groups in total. The molecule has 39 heavy (non-hydrogen) atoms. The number of benzene rings is 3. The molecular formula is C32H32N2O5. The van der Waals surface area contributed by atoms with Crippen molar-refractivity contribution in [2.45, 2.75) is 44.4 Å². The van der Waals surface area contributed by atoms with E-state index in [1.165, 1.54) is 11.5 Å². The minimum atomic E-state index is -0.871. The second-order valence-corrected chi connectivity index (χ2v) is 10.1. The molecule has 1 heterocycles. The quantitative estimate of drug-likeness (QED) is 0.266. The van der Waals surface area contributed by atoms with Crippen molar-refractivity contribution in [3.8, 4) is 0 Å². The third kappa shape index (κ3) is 5.36. The Balaban J connectivity index is 1.52. The number of hydrogen-bond donors (Lipinski definition) is 1. The van der Waals surface area contributed by atoms with E-state index in [1.807, 2.05) is 54.6 Å². The summed E-state index contributed by atoms with van der Waals surface area (Å²) < 4.78 is 14.2. The molecule has 1 aromatic heterocycles. The van der Waals surface area contributed by atoms with Gasteiger partial charge in [0.15, 0.2) is 0 Å². The summed E-state index contributed by atoms with van der Waals surface area (Å²) in [4.78, 5) is 39.0. The minimum Gasteiger partial charge on any atom is -0.460 e. The van der Waals surface area contributed by atoms with Crippen molar-refractivity contribution in [2.75, 3.05) is 6.61 Å². The lowest BCUT2D eigenvalue weighted by molar-refractivity contribution is -0.147. The van der Waals surface area contributed by atoms with Crippen LogP contribution in [0.15, 0.2) is 107 Å². The Hall–Kier alpha value is -4.23. The first-order chi connectivity index (χ1) is 18.9. The zero-order valence-electron chi connectivity index (χ0n) is 22.1. The van der Waals surface area contributed by atoms with Gasteiger partial charge in [0.2, 0.25) is 0 Å². The Bertz CT molecular complexity index is 1430. The van der Waals surface area contributed by atoms with Gasteiger partial charge in [0.05, 0.1) is 12.6 Å². The van der Waals surface area contributed by atoms with Gasteiger partial charge < -0.3 is 9.47 Å². The Morgan fingerprint density at radius 1 is 0.872 bits per heavy atom. The van der Waals surface area contributed by atoms with Crippen molar-refractivity contribution < 1.29 is 14.3 Å². The van der Waals surface area contributed by atoms with Crippen LogP contribution < -0.4 is 11.2 Å². The predicted molar refractivity (Wildman–Crippen MR) is 149 cm³/mol. The average molecular weight is 525 g/mol. The van der Waals surface area contributed by atoms with Crippen LogP contribution in [0.3, 0.4) is 0 Å². The normalized spacial score (nSPS) is 19.1. The number of carbonyl (C=O) groups excluding carboxylic acids is 1. The summed E-state index contributed by atoms with van der Waals surface area (Å²) in [6.45, 7) is 3.39. The Morgan fingerprint density at radius 3 is 1.87 bits per heavy atom. The molecule has 0 radical (unpaired) electrons. The number of ether oxygens (including phenoxy) is 2. The number of esters is 1. The van der Waals surface area contributed by atoms with Gasteiger partial charge in [-0.1, -0.05) is 91.0 Å². The van der Waals surface area contributed by atoms with E-state index < -0.39 is 35.0 Å². The zero-order valence-corrected chi connectivity index (χ0v) is 22.1. The summed E-state index contributed by atoms with van der Waals surface area (Å²) in [5.41, 5.74) is 1.62. The molecule has 0 spiro atoms. The van der Waals surface area contributed by atoms with E-state index in [9.17, 15) is 14.4 Å². The van der Waals surface area contributed by atoms with Crippen LogP contribution in [0.5, 0.6) is 0 Å². The van der Waals surface area contributed by atoms with E-state index in [1.54, 1.807) is 13.1 Å². The molecule has 0 bridgehead atoms. The fourth-order valence-electron chi connectivity index (χ4n) is 5.69. The second-order valence-electron chi connectivity index (χ2n) is 10.1. The average Bonchev–Trinajstić information content (AvgIpc) is 3.34. The van der Waals surface area contributed by atoms with Gasteiger partial charge >= 0.3 is 11.7 Å². The molecule has 0 saturated heterocycles. The van der Waals surface area contributed by atoms with Crippen molar-refractivity contribution >= 4 is 5.97 Å². The van der Waals surface area contributed by atoms with E-state index in [0.717, 1.165) is 16.7 Å². The molecule has 1 saturated carbocycles. The second kappa shape index (κ2) is 11.3. The molecule has 0 aliphatic heterocycles. The number of carbonyl (C=O) groups is 1. The molecule has 3 atom stereocenters. The summed E-state index contributed by atoms with van der Waals surface area (Å²) in [7, 11) is 0. The maximum absolute atomic E-state index is 12.7. The molecular weight excluding hydrogens is 492 g/mol. The summed E-state index contributed by atoms with van der Waals surface area (Å²) >= 11 is 0. The number of hydrogen-bond acceptors (Lipinski definition) is 5. The lowest BCUT2D eigenvalue weighted by Gasteiger charge is -2.36. The number of rotatable bonds is 8. The number of aromatic amines is 1. The first-order valence-electron chi connectivity index (χ1n) is 13.2. The third-order valence-electron chi connectivity index (χ3n) is 7.47. The Morgan fingerprint density at radius 2 is 1.38 bits per heavy atom. The van der Waals surface area contributed by atoms with Crippen molar-refractivity contribution in [2.24, 2.45) is 5.92 Å². The van der Waals surface area contributed by atoms with Gasteiger partial charge in [-0.2, -0.15) is 0 Å². The van der Waals surface area contributed by atoms with Crippen molar-refractivity contribution in [3.63, 3.8) is 0 Å². The van der Waals surface area contributed by atoms with E-state index in [2.05, 4.69) is 41.4 Å². The molecule has 0 amide bonds. The Labute approximate surface area is 227 Å². The zero-order chi connectivity index (χ0) is 27.4. The number of H-pyrrole nitrogens is 1. The number of aromatic nitrogens is 2. The number of aryl methyl sites for hydroxylation is 1. The largest absolute Gasteiger partial charge is 0.460 e. The van der Waals surface area contributed by atoms with Gasteiger partial charge in [0.1, 0.15) is 11.7 Å². The van der Waals surface area contributed by atoms with Crippen LogP contribution in [-0.4, -0.2) is 28.2 Å². The van der Waals surface area contributed by atoms with Crippen LogP contribution in [0.2, 0.25) is 0 Å². The van der Waals surface area contributed by atoms with Crippen LogP contribution in [0, 0.1) is 12.8 Å². The summed E-state index contributed by atoms with van der Waals surface area (Å²) in [6, 6.07) is 30.0. The highest BCUT2D eigenvalue weighted by Crippen LogP contribution is 2.43. The van der Waals surface area contributed by atoms with Crippen molar-refractivity contribution in [1.29, 1.82) is 0 Å². The third-order valence-corrected chi connectivity index (χ3v) is 7.47. The lowest BCUT2D eigenvalue weighted by Crippen LogP contribution is -2.36. The van der Waals surface area contributed by atoms with Crippen LogP contribution >= 0.6 is 0 Å². The van der Waals surface area contributed by atoms with Crippen molar-refractivity contribution in [1.82, 2.24) is 9.55 Å². The van der Waals surface area contributed by atoms with Gasteiger partial charge in [-0.15, -0.1) is 0 Å². The van der Waals surface area contributed by atoms with Gasteiger partial charge in [-0.25, -0.2) is 4.79 Å². The van der Waals surface area contributed by atoms with Crippen LogP contribution in [0.4, 0.5) is 0 Å². The van der Waals surface area contributed by atoms with E-state index >= 15 is 0 Å². The van der Waals surface area contributed by atoms with Gasteiger partial charge in [-0.3, -0.25) is 19.1 Å². The SMILES string of the molecule is CC(=O)O[C@@H]1C[C@@H](COC(c2ccccc2)(c2ccccc2)c2ccccc2)C[C@H]1n1cc(C)c(=O)[nH]c1=O. The van der Waals surface area contributed by atoms with E-state index in [0.29, 0.717) is 25.0 Å². The molecule has 1 aliphatic rings. The van der Waals surface area contributed by atoms with Gasteiger partial charge in [0, 0.05) is 18.7 Å². The van der Waals surface area contributed by atoms with Crippen LogP contribution in [-0.2, 0) is 19.9 Å². The van der Waals surface area contributed by atoms with Crippen LogP contribution in [0.1, 0.15) is 48.1 Å². The number of nitrogens with zero attached hydrogens (tertiary/aromatic N) is 1.